The van der Waals surface area contributed by atoms with E-state index < -0.39 is 0 Å². The molecule has 5 heteroatoms. The fourth-order valence-electron chi connectivity index (χ4n) is 3.19. The summed E-state index contributed by atoms with van der Waals surface area (Å²) in [5.41, 5.74) is 5.85. The molecule has 4 aromatic rings. The first-order valence-electron chi connectivity index (χ1n) is 9.17. The second-order valence-electron chi connectivity index (χ2n) is 6.80. The van der Waals surface area contributed by atoms with Crippen LogP contribution in [0.15, 0.2) is 73.1 Å². The summed E-state index contributed by atoms with van der Waals surface area (Å²) in [6.07, 6.45) is 5.08. The van der Waals surface area contributed by atoms with Gasteiger partial charge in [-0.1, -0.05) is 41.9 Å². The van der Waals surface area contributed by atoms with Gasteiger partial charge in [-0.2, -0.15) is 0 Å². The summed E-state index contributed by atoms with van der Waals surface area (Å²) in [6.45, 7) is 2.05. The van der Waals surface area contributed by atoms with E-state index in [2.05, 4.69) is 5.32 Å². The minimum Gasteiger partial charge on any atom is -0.326 e. The molecule has 0 fully saturated rings. The van der Waals surface area contributed by atoms with Crippen molar-refractivity contribution >= 4 is 28.8 Å². The molecule has 0 saturated carbocycles. The Hall–Kier alpha value is -3.11. The number of fused-ring (bicyclic) bond motifs is 1. The van der Waals surface area contributed by atoms with Gasteiger partial charge in [0.1, 0.15) is 5.65 Å². The van der Waals surface area contributed by atoms with Crippen molar-refractivity contribution in [1.29, 1.82) is 0 Å². The molecule has 0 bridgehead atoms. The number of amides is 1. The zero-order valence-electron chi connectivity index (χ0n) is 15.5. The van der Waals surface area contributed by atoms with Gasteiger partial charge in [-0.15, -0.1) is 0 Å². The third-order valence-corrected chi connectivity index (χ3v) is 4.91. The lowest BCUT2D eigenvalue weighted by atomic mass is 10.1. The van der Waals surface area contributed by atoms with E-state index in [4.69, 9.17) is 16.6 Å². The van der Waals surface area contributed by atoms with Gasteiger partial charge in [0.2, 0.25) is 5.91 Å². The molecule has 1 amide bonds. The topological polar surface area (TPSA) is 46.4 Å². The number of hydrogen-bond acceptors (Lipinski definition) is 2. The summed E-state index contributed by atoms with van der Waals surface area (Å²) in [5, 5.41) is 3.63. The molecule has 28 heavy (non-hydrogen) atoms. The molecule has 2 aromatic carbocycles. The maximum absolute atomic E-state index is 12.2. The molecule has 0 atom stereocenters. The standard InChI is InChI=1S/C23H20ClN3O/c1-16-4-3-13-27-15-21(26-23(16)27)18-8-10-20(11-9-18)25-22(28)12-7-17-5-2-6-19(24)14-17/h2-6,8-11,13-15H,7,12H2,1H3,(H,25,28). The SMILES string of the molecule is Cc1cccn2cc(-c3ccc(NC(=O)CCc4cccc(Cl)c4)cc3)nc12. The molecule has 2 aromatic heterocycles. The van der Waals surface area contributed by atoms with E-state index in [1.54, 1.807) is 0 Å². The smallest absolute Gasteiger partial charge is 0.224 e. The highest BCUT2D eigenvalue weighted by Gasteiger charge is 2.07. The Morgan fingerprint density at radius 1 is 1.11 bits per heavy atom. The average molecular weight is 390 g/mol. The van der Waals surface area contributed by atoms with Crippen LogP contribution in [0.1, 0.15) is 17.5 Å². The van der Waals surface area contributed by atoms with Crippen LogP contribution in [0.25, 0.3) is 16.9 Å². The van der Waals surface area contributed by atoms with Crippen LogP contribution in [0.2, 0.25) is 5.02 Å². The number of hydrogen-bond donors (Lipinski definition) is 1. The third-order valence-electron chi connectivity index (χ3n) is 4.67. The van der Waals surface area contributed by atoms with Crippen LogP contribution in [-0.2, 0) is 11.2 Å². The Bertz CT molecular complexity index is 1130. The molecule has 0 aliphatic carbocycles. The van der Waals surface area contributed by atoms with E-state index in [0.717, 1.165) is 33.7 Å². The minimum absolute atomic E-state index is 0.0175. The van der Waals surface area contributed by atoms with E-state index in [-0.39, 0.29) is 5.91 Å². The monoisotopic (exact) mass is 389 g/mol. The van der Waals surface area contributed by atoms with Gasteiger partial charge in [0, 0.05) is 35.1 Å². The van der Waals surface area contributed by atoms with Crippen molar-refractivity contribution in [2.45, 2.75) is 19.8 Å². The first kappa shape index (κ1) is 18.3. The Labute approximate surface area is 168 Å². The van der Waals surface area contributed by atoms with Crippen molar-refractivity contribution in [3.63, 3.8) is 0 Å². The van der Waals surface area contributed by atoms with Crippen LogP contribution in [0, 0.1) is 6.92 Å². The highest BCUT2D eigenvalue weighted by atomic mass is 35.5. The quantitative estimate of drug-likeness (QED) is 0.487. The molecular formula is C23H20ClN3O. The molecule has 140 valence electrons. The number of anilines is 1. The van der Waals surface area contributed by atoms with Gasteiger partial charge < -0.3 is 9.72 Å². The van der Waals surface area contributed by atoms with Crippen LogP contribution < -0.4 is 5.32 Å². The van der Waals surface area contributed by atoms with Crippen LogP contribution >= 0.6 is 11.6 Å². The Kier molecular flexibility index (Phi) is 5.13. The summed E-state index contributed by atoms with van der Waals surface area (Å²) in [7, 11) is 0. The predicted octanol–water partition coefficient (Wildman–Crippen LogP) is 5.53. The number of nitrogens with one attached hydrogen (secondary N) is 1. The Morgan fingerprint density at radius 3 is 2.68 bits per heavy atom. The molecule has 0 saturated heterocycles. The molecule has 0 aliphatic heterocycles. The highest BCUT2D eigenvalue weighted by molar-refractivity contribution is 6.30. The predicted molar refractivity (Wildman–Crippen MR) is 114 cm³/mol. The summed E-state index contributed by atoms with van der Waals surface area (Å²) < 4.78 is 2.02. The van der Waals surface area contributed by atoms with Gasteiger partial charge in [0.05, 0.1) is 5.69 Å². The third kappa shape index (κ3) is 4.07. The first-order chi connectivity index (χ1) is 13.6. The number of halogens is 1. The van der Waals surface area contributed by atoms with Crippen LogP contribution in [0.5, 0.6) is 0 Å². The van der Waals surface area contributed by atoms with Gasteiger partial charge >= 0.3 is 0 Å². The van der Waals surface area contributed by atoms with Crippen molar-refractivity contribution in [3.8, 4) is 11.3 Å². The second-order valence-corrected chi connectivity index (χ2v) is 7.24. The van der Waals surface area contributed by atoms with E-state index in [9.17, 15) is 4.79 Å². The number of aryl methyl sites for hydroxylation is 2. The molecule has 0 aliphatic rings. The summed E-state index contributed by atoms with van der Waals surface area (Å²) in [5.74, 6) is -0.0175. The Morgan fingerprint density at radius 2 is 1.93 bits per heavy atom. The molecule has 0 radical (unpaired) electrons. The maximum atomic E-state index is 12.2. The van der Waals surface area contributed by atoms with E-state index in [0.29, 0.717) is 17.9 Å². The number of rotatable bonds is 5. The number of nitrogens with zero attached hydrogens (tertiary/aromatic N) is 2. The van der Waals surface area contributed by atoms with Gasteiger partial charge in [-0.05, 0) is 54.8 Å². The normalized spacial score (nSPS) is 10.9. The van der Waals surface area contributed by atoms with Crippen molar-refractivity contribution in [2.75, 3.05) is 5.32 Å². The lowest BCUT2D eigenvalue weighted by molar-refractivity contribution is -0.116. The first-order valence-corrected chi connectivity index (χ1v) is 9.55. The maximum Gasteiger partial charge on any atom is 0.224 e. The van der Waals surface area contributed by atoms with E-state index >= 15 is 0 Å². The van der Waals surface area contributed by atoms with Crippen molar-refractivity contribution in [2.24, 2.45) is 0 Å². The van der Waals surface area contributed by atoms with Gasteiger partial charge in [-0.3, -0.25) is 4.79 Å². The number of aromatic nitrogens is 2. The lowest BCUT2D eigenvalue weighted by Gasteiger charge is -2.06. The molecular weight excluding hydrogens is 370 g/mol. The number of carbonyl (C=O) groups excluding carboxylic acids is 1. The molecule has 1 N–H and O–H groups in total. The van der Waals surface area contributed by atoms with Gasteiger partial charge in [0.25, 0.3) is 0 Å². The van der Waals surface area contributed by atoms with E-state index in [1.807, 2.05) is 84.4 Å². The summed E-state index contributed by atoms with van der Waals surface area (Å²) in [4.78, 5) is 16.9. The lowest BCUT2D eigenvalue weighted by Crippen LogP contribution is -2.12. The fourth-order valence-corrected chi connectivity index (χ4v) is 3.40. The van der Waals surface area contributed by atoms with Crippen LogP contribution in [0.3, 0.4) is 0 Å². The highest BCUT2D eigenvalue weighted by Crippen LogP contribution is 2.22. The molecule has 0 unspecified atom stereocenters. The fraction of sp³-hybridized carbons (Fsp3) is 0.130. The van der Waals surface area contributed by atoms with Crippen molar-refractivity contribution in [1.82, 2.24) is 9.38 Å². The van der Waals surface area contributed by atoms with E-state index in [1.165, 1.54) is 0 Å². The molecule has 0 spiro atoms. The Balaban J connectivity index is 1.41. The largest absolute Gasteiger partial charge is 0.326 e. The van der Waals surface area contributed by atoms with Gasteiger partial charge in [-0.25, -0.2) is 4.98 Å². The number of imidazole rings is 1. The zero-order chi connectivity index (χ0) is 19.5. The van der Waals surface area contributed by atoms with Crippen molar-refractivity contribution < 1.29 is 4.79 Å². The van der Waals surface area contributed by atoms with Crippen molar-refractivity contribution in [3.05, 3.63) is 89.2 Å². The molecule has 4 rings (SSSR count). The van der Waals surface area contributed by atoms with Gasteiger partial charge in [0.15, 0.2) is 0 Å². The summed E-state index contributed by atoms with van der Waals surface area (Å²) in [6, 6.07) is 19.4. The number of benzene rings is 2. The van der Waals surface area contributed by atoms with Crippen LogP contribution in [0.4, 0.5) is 5.69 Å². The molecule has 2 heterocycles. The average Bonchev–Trinajstić information content (AvgIpc) is 3.13. The molecule has 4 nitrogen and oxygen atoms in total. The number of pyridine rings is 1. The zero-order valence-corrected chi connectivity index (χ0v) is 16.3. The minimum atomic E-state index is -0.0175. The van der Waals surface area contributed by atoms with Crippen LogP contribution in [-0.4, -0.2) is 15.3 Å². The second kappa shape index (κ2) is 7.87. The summed E-state index contributed by atoms with van der Waals surface area (Å²) >= 11 is 5.98. The number of carbonyl (C=O) groups is 1.